The van der Waals surface area contributed by atoms with Gasteiger partial charge in [0, 0.05) is 21.2 Å². The van der Waals surface area contributed by atoms with E-state index in [-0.39, 0.29) is 17.7 Å². The van der Waals surface area contributed by atoms with Crippen LogP contribution in [-0.4, -0.2) is 39.0 Å². The number of alkyl halides is 3. The van der Waals surface area contributed by atoms with Crippen molar-refractivity contribution in [2.45, 2.75) is 37.9 Å². The predicted octanol–water partition coefficient (Wildman–Crippen LogP) is 4.69. The Labute approximate surface area is 178 Å². The molecule has 2 rings (SSSR count). The molecule has 10 heteroatoms. The van der Waals surface area contributed by atoms with Gasteiger partial charge in [-0.15, -0.1) is 0 Å². The van der Waals surface area contributed by atoms with Crippen molar-refractivity contribution in [1.29, 1.82) is 4.78 Å². The van der Waals surface area contributed by atoms with E-state index in [2.05, 4.69) is 0 Å². The van der Waals surface area contributed by atoms with Gasteiger partial charge in [-0.05, 0) is 54.2 Å². The number of halogens is 4. The van der Waals surface area contributed by atoms with Gasteiger partial charge in [-0.3, -0.25) is 9.57 Å². The molecular weight excluding hydrogens is 436 g/mol. The lowest BCUT2D eigenvalue weighted by atomic mass is 9.93. The fourth-order valence-electron chi connectivity index (χ4n) is 3.22. The Balaban J connectivity index is 2.17. The monoisotopic (exact) mass is 460 g/mol. The zero-order valence-corrected chi connectivity index (χ0v) is 17.6. The van der Waals surface area contributed by atoms with E-state index >= 15 is 0 Å². The van der Waals surface area contributed by atoms with Crippen molar-refractivity contribution in [2.24, 2.45) is 5.73 Å². The highest BCUT2D eigenvalue weighted by atomic mass is 32.2. The molecule has 0 saturated heterocycles. The highest BCUT2D eigenvalue weighted by Crippen LogP contribution is 2.38. The molecule has 0 amide bonds. The van der Waals surface area contributed by atoms with E-state index in [0.29, 0.717) is 16.7 Å². The maximum absolute atomic E-state index is 13.6. The first kappa shape index (κ1) is 24.8. The lowest BCUT2D eigenvalue weighted by molar-refractivity contribution is -0.150. The number of nitrogens with two attached hydrogens (primary N) is 1. The molecule has 0 aliphatic heterocycles. The van der Waals surface area contributed by atoms with Crippen molar-refractivity contribution >= 4 is 15.7 Å². The van der Waals surface area contributed by atoms with Gasteiger partial charge in [0.2, 0.25) is 0 Å². The van der Waals surface area contributed by atoms with Crippen LogP contribution in [0.15, 0.2) is 42.5 Å². The smallest absolute Gasteiger partial charge is 0.395 e. The summed E-state index contributed by atoms with van der Waals surface area (Å²) in [5.74, 6) is -4.55. The number of aryl methyl sites for hydroxylation is 1. The molecule has 4 N–H and O–H groups in total. The van der Waals surface area contributed by atoms with Gasteiger partial charge in [-0.2, -0.15) is 13.2 Å². The lowest BCUT2D eigenvalue weighted by Crippen LogP contribution is -2.32. The minimum atomic E-state index is -4.61. The van der Waals surface area contributed by atoms with Gasteiger partial charge in [0.05, 0.1) is 5.92 Å². The van der Waals surface area contributed by atoms with E-state index in [0.717, 1.165) is 0 Å². The largest absolute Gasteiger partial charge is 0.480 e. The van der Waals surface area contributed by atoms with Gasteiger partial charge in [0.25, 0.3) is 0 Å². The van der Waals surface area contributed by atoms with E-state index < -0.39 is 51.8 Å². The molecule has 0 aliphatic rings. The second-order valence-electron chi connectivity index (χ2n) is 7.42. The molecule has 170 valence electrons. The number of hydrogen-bond acceptors (Lipinski definition) is 4. The van der Waals surface area contributed by atoms with Crippen molar-refractivity contribution < 1.29 is 31.7 Å². The Kier molecular flexibility index (Phi) is 7.82. The lowest BCUT2D eigenvalue weighted by Gasteiger charge is -2.22. The number of nitrogens with one attached hydrogen (secondary N) is 1. The predicted molar refractivity (Wildman–Crippen MR) is 111 cm³/mol. The summed E-state index contributed by atoms with van der Waals surface area (Å²) in [6.45, 7) is 1.70. The Morgan fingerprint density at radius 2 is 1.71 bits per heavy atom. The quantitative estimate of drug-likeness (QED) is 0.473. The maximum atomic E-state index is 13.6. The number of hydrogen-bond donors (Lipinski definition) is 3. The molecule has 0 spiro atoms. The number of carboxylic acids is 1. The van der Waals surface area contributed by atoms with Crippen LogP contribution in [-0.2, 0) is 14.5 Å². The summed E-state index contributed by atoms with van der Waals surface area (Å²) in [6.07, 6.45) is -5.43. The van der Waals surface area contributed by atoms with Crippen molar-refractivity contribution in [1.82, 2.24) is 0 Å². The summed E-state index contributed by atoms with van der Waals surface area (Å²) in [5, 5.41) is 8.74. The van der Waals surface area contributed by atoms with Crippen LogP contribution >= 0.6 is 0 Å². The second-order valence-corrected chi connectivity index (χ2v) is 9.86. The van der Waals surface area contributed by atoms with Crippen LogP contribution in [0.5, 0.6) is 0 Å². The van der Waals surface area contributed by atoms with Crippen molar-refractivity contribution in [3.05, 3.63) is 59.4 Å². The van der Waals surface area contributed by atoms with Crippen molar-refractivity contribution in [2.75, 3.05) is 11.5 Å². The number of aliphatic carboxylic acids is 1. The minimum Gasteiger partial charge on any atom is -0.480 e. The molecule has 0 aliphatic carbocycles. The van der Waals surface area contributed by atoms with Crippen LogP contribution in [0.1, 0.15) is 29.9 Å². The third-order valence-corrected chi connectivity index (χ3v) is 6.81. The Bertz CT molecular complexity index is 1020. The van der Waals surface area contributed by atoms with Gasteiger partial charge in [-0.25, -0.2) is 8.60 Å². The van der Waals surface area contributed by atoms with Crippen LogP contribution in [0.25, 0.3) is 11.1 Å². The average molecular weight is 460 g/mol. The van der Waals surface area contributed by atoms with Crippen LogP contribution in [0.3, 0.4) is 0 Å². The van der Waals surface area contributed by atoms with Gasteiger partial charge in [0.1, 0.15) is 11.9 Å². The Morgan fingerprint density at radius 3 is 2.23 bits per heavy atom. The van der Waals surface area contributed by atoms with E-state index in [1.54, 1.807) is 13.0 Å². The van der Waals surface area contributed by atoms with Gasteiger partial charge < -0.3 is 10.8 Å². The number of carboxylic acid groups (broad SMARTS) is 1. The Morgan fingerprint density at radius 1 is 1.13 bits per heavy atom. The molecule has 0 aromatic heterocycles. The molecule has 0 heterocycles. The summed E-state index contributed by atoms with van der Waals surface area (Å²) in [7, 11) is -3.41. The van der Waals surface area contributed by atoms with Gasteiger partial charge in [-0.1, -0.05) is 30.3 Å². The maximum Gasteiger partial charge on any atom is 0.395 e. The summed E-state index contributed by atoms with van der Waals surface area (Å²) in [4.78, 5) is 10.7. The minimum absolute atomic E-state index is 0.0338. The molecule has 0 fully saturated rings. The van der Waals surface area contributed by atoms with Crippen LogP contribution < -0.4 is 5.73 Å². The Hall–Kier alpha value is -2.46. The molecule has 31 heavy (non-hydrogen) atoms. The number of rotatable bonds is 9. The average Bonchev–Trinajstić information content (AvgIpc) is 2.66. The molecular formula is C21H24F4N2O3S. The van der Waals surface area contributed by atoms with E-state index in [1.165, 1.54) is 36.4 Å². The highest BCUT2D eigenvalue weighted by Gasteiger charge is 2.40. The van der Waals surface area contributed by atoms with Crippen LogP contribution in [0, 0.1) is 17.5 Å². The summed E-state index contributed by atoms with van der Waals surface area (Å²) in [6, 6.07) is 8.52. The molecule has 2 unspecified atom stereocenters. The van der Waals surface area contributed by atoms with Crippen LogP contribution in [0.4, 0.5) is 17.6 Å². The fourth-order valence-corrected chi connectivity index (χ4v) is 4.67. The summed E-state index contributed by atoms with van der Waals surface area (Å²) < 4.78 is 74.3. The first-order chi connectivity index (χ1) is 14.3. The topological polar surface area (TPSA) is 104 Å². The summed E-state index contributed by atoms with van der Waals surface area (Å²) in [5.41, 5.74) is 7.25. The molecule has 0 bridgehead atoms. The highest BCUT2D eigenvalue weighted by molar-refractivity contribution is 7.92. The van der Waals surface area contributed by atoms with Crippen LogP contribution in [0.2, 0.25) is 0 Å². The van der Waals surface area contributed by atoms with E-state index in [1.807, 2.05) is 0 Å². The number of carbonyl (C=O) groups is 1. The normalized spacial score (nSPS) is 15.8. The first-order valence-corrected chi connectivity index (χ1v) is 11.4. The number of benzene rings is 2. The molecule has 2 aromatic rings. The third-order valence-electron chi connectivity index (χ3n) is 5.02. The standard InChI is InChI=1S/C21H24F4N2O3S/c1-13-12-16(22)6-7-17(13)14-2-4-15(5-3-14)18(21(23,24)25)8-10-31(27,30)11-9-19(26)20(28)29/h2-7,12,18-19,27H,8-11,26H2,1H3,(H,28,29)/t18?,19-,31?/m0/s1. The second kappa shape index (κ2) is 9.78. The zero-order valence-electron chi connectivity index (χ0n) is 16.8. The van der Waals surface area contributed by atoms with E-state index in [4.69, 9.17) is 15.6 Å². The van der Waals surface area contributed by atoms with Crippen molar-refractivity contribution in [3.63, 3.8) is 0 Å². The SMILES string of the molecule is Cc1cc(F)ccc1-c1ccc(C(CCS(=N)(=O)CC[C@H](N)C(=O)O)C(F)(F)F)cc1. The fraction of sp³-hybridized carbons (Fsp3) is 0.381. The first-order valence-electron chi connectivity index (χ1n) is 9.46. The third kappa shape index (κ3) is 7.03. The zero-order chi connectivity index (χ0) is 23.4. The molecule has 3 atom stereocenters. The van der Waals surface area contributed by atoms with Gasteiger partial charge in [0.15, 0.2) is 0 Å². The summed E-state index contributed by atoms with van der Waals surface area (Å²) >= 11 is 0. The molecule has 5 nitrogen and oxygen atoms in total. The molecule has 0 saturated carbocycles. The van der Waals surface area contributed by atoms with E-state index in [9.17, 15) is 26.6 Å². The van der Waals surface area contributed by atoms with Crippen molar-refractivity contribution in [3.8, 4) is 11.1 Å². The van der Waals surface area contributed by atoms with Gasteiger partial charge >= 0.3 is 12.1 Å². The molecule has 2 aromatic carbocycles. The molecule has 0 radical (unpaired) electrons.